The molecule has 1 heterocycles. The molecule has 0 aliphatic heterocycles. The first kappa shape index (κ1) is 8.48. The topological polar surface area (TPSA) is 38.9 Å². The maximum absolute atomic E-state index is 5.18. The summed E-state index contributed by atoms with van der Waals surface area (Å²) in [6.07, 6.45) is 5.64. The molecular weight excluding hydrogens is 164 g/mol. The van der Waals surface area contributed by atoms with E-state index in [1.165, 1.54) is 12.0 Å². The summed E-state index contributed by atoms with van der Waals surface area (Å²) in [6.45, 7) is 4.13. The first-order chi connectivity index (χ1) is 6.27. The molecule has 0 unspecified atom stereocenters. The quantitative estimate of drug-likeness (QED) is 0.699. The molecule has 0 spiro atoms. The van der Waals surface area contributed by atoms with Crippen LogP contribution in [0.4, 0.5) is 0 Å². The fourth-order valence-electron chi connectivity index (χ4n) is 1.46. The molecule has 0 saturated heterocycles. The van der Waals surface area contributed by atoms with E-state index in [1.54, 1.807) is 0 Å². The van der Waals surface area contributed by atoms with E-state index in [0.29, 0.717) is 5.92 Å². The van der Waals surface area contributed by atoms with Gasteiger partial charge in [0.25, 0.3) is 5.89 Å². The molecule has 1 aliphatic carbocycles. The largest absolute Gasteiger partial charge is 0.334 e. The highest BCUT2D eigenvalue weighted by Crippen LogP contribution is 2.26. The Balaban J connectivity index is 2.22. The monoisotopic (exact) mass is 178 g/mol. The first-order valence-corrected chi connectivity index (χ1v) is 4.80. The van der Waals surface area contributed by atoms with Crippen LogP contribution in [0.25, 0.3) is 5.57 Å². The highest BCUT2D eigenvalue weighted by Gasteiger charge is 2.15. The molecule has 2 rings (SSSR count). The van der Waals surface area contributed by atoms with E-state index in [2.05, 4.69) is 30.1 Å². The Morgan fingerprint density at radius 3 is 2.85 bits per heavy atom. The molecule has 0 bridgehead atoms. The fraction of sp³-hybridized carbons (Fsp3) is 0.600. The molecule has 1 aromatic heterocycles. The zero-order chi connectivity index (χ0) is 9.26. The van der Waals surface area contributed by atoms with Crippen LogP contribution in [0.5, 0.6) is 0 Å². The Labute approximate surface area is 77.8 Å². The van der Waals surface area contributed by atoms with E-state index >= 15 is 0 Å². The SMILES string of the molecule is CC(C)c1noc(C2=CCCC2)n1. The summed E-state index contributed by atoms with van der Waals surface area (Å²) in [5, 5.41) is 3.93. The van der Waals surface area contributed by atoms with Gasteiger partial charge in [-0.15, -0.1) is 0 Å². The predicted molar refractivity (Wildman–Crippen MR) is 50.2 cm³/mol. The van der Waals surface area contributed by atoms with E-state index in [1.807, 2.05) is 0 Å². The minimum absolute atomic E-state index is 0.347. The van der Waals surface area contributed by atoms with Gasteiger partial charge in [-0.3, -0.25) is 0 Å². The Bertz CT molecular complexity index is 325. The lowest BCUT2D eigenvalue weighted by Gasteiger charge is -1.93. The number of allylic oxidation sites excluding steroid dienone is 2. The van der Waals surface area contributed by atoms with Gasteiger partial charge in [0.15, 0.2) is 5.82 Å². The molecule has 0 radical (unpaired) electrons. The predicted octanol–water partition coefficient (Wildman–Crippen LogP) is 2.76. The number of rotatable bonds is 2. The minimum atomic E-state index is 0.347. The van der Waals surface area contributed by atoms with Gasteiger partial charge < -0.3 is 4.52 Å². The molecule has 0 saturated carbocycles. The summed E-state index contributed by atoms with van der Waals surface area (Å²) >= 11 is 0. The van der Waals surface area contributed by atoms with Crippen LogP contribution in [-0.2, 0) is 0 Å². The van der Waals surface area contributed by atoms with Crippen LogP contribution in [0.3, 0.4) is 0 Å². The molecule has 0 N–H and O–H groups in total. The van der Waals surface area contributed by atoms with Crippen LogP contribution in [0, 0.1) is 0 Å². The second kappa shape index (κ2) is 3.32. The van der Waals surface area contributed by atoms with Gasteiger partial charge in [-0.05, 0) is 19.3 Å². The summed E-state index contributed by atoms with van der Waals surface area (Å²) in [5.74, 6) is 1.88. The Hall–Kier alpha value is -1.12. The second-order valence-electron chi connectivity index (χ2n) is 3.73. The smallest absolute Gasteiger partial charge is 0.253 e. The Kier molecular flexibility index (Phi) is 2.17. The lowest BCUT2D eigenvalue weighted by Crippen LogP contribution is -1.90. The average molecular weight is 178 g/mol. The highest BCUT2D eigenvalue weighted by atomic mass is 16.5. The van der Waals surface area contributed by atoms with Crippen molar-refractivity contribution in [3.8, 4) is 0 Å². The third-order valence-electron chi connectivity index (χ3n) is 2.27. The van der Waals surface area contributed by atoms with Gasteiger partial charge >= 0.3 is 0 Å². The second-order valence-corrected chi connectivity index (χ2v) is 3.73. The number of hydrogen-bond acceptors (Lipinski definition) is 3. The fourth-order valence-corrected chi connectivity index (χ4v) is 1.46. The van der Waals surface area contributed by atoms with Gasteiger partial charge in [0, 0.05) is 11.5 Å². The van der Waals surface area contributed by atoms with Crippen molar-refractivity contribution in [1.82, 2.24) is 10.1 Å². The van der Waals surface area contributed by atoms with Gasteiger partial charge in [-0.25, -0.2) is 0 Å². The third kappa shape index (κ3) is 1.64. The van der Waals surface area contributed by atoms with E-state index in [4.69, 9.17) is 4.52 Å². The average Bonchev–Trinajstić information content (AvgIpc) is 2.75. The molecular formula is C10H14N2O. The van der Waals surface area contributed by atoms with Crippen molar-refractivity contribution in [2.24, 2.45) is 0 Å². The van der Waals surface area contributed by atoms with Crippen LogP contribution in [0.15, 0.2) is 10.6 Å². The summed E-state index contributed by atoms with van der Waals surface area (Å²) in [7, 11) is 0. The zero-order valence-electron chi connectivity index (χ0n) is 8.08. The zero-order valence-corrected chi connectivity index (χ0v) is 8.08. The van der Waals surface area contributed by atoms with Crippen LogP contribution < -0.4 is 0 Å². The molecule has 1 aliphatic rings. The summed E-state index contributed by atoms with van der Waals surface area (Å²) in [5.41, 5.74) is 1.22. The standard InChI is InChI=1S/C10H14N2O/c1-7(2)9-11-10(13-12-9)8-5-3-4-6-8/h5,7H,3-4,6H2,1-2H3. The van der Waals surface area contributed by atoms with Crippen LogP contribution in [0.1, 0.15) is 50.7 Å². The molecule has 1 aromatic rings. The molecule has 0 fully saturated rings. The highest BCUT2D eigenvalue weighted by molar-refractivity contribution is 5.60. The normalized spacial score (nSPS) is 16.7. The van der Waals surface area contributed by atoms with Gasteiger partial charge in [-0.2, -0.15) is 4.98 Å². The Morgan fingerprint density at radius 1 is 1.46 bits per heavy atom. The maximum atomic E-state index is 5.18. The van der Waals surface area contributed by atoms with Crippen molar-refractivity contribution >= 4 is 5.57 Å². The van der Waals surface area contributed by atoms with Crippen molar-refractivity contribution in [3.63, 3.8) is 0 Å². The van der Waals surface area contributed by atoms with E-state index in [-0.39, 0.29) is 0 Å². The van der Waals surface area contributed by atoms with Gasteiger partial charge in [0.1, 0.15) is 0 Å². The molecule has 13 heavy (non-hydrogen) atoms. The van der Waals surface area contributed by atoms with Crippen LogP contribution in [0.2, 0.25) is 0 Å². The van der Waals surface area contributed by atoms with Crippen molar-refractivity contribution < 1.29 is 4.52 Å². The number of aromatic nitrogens is 2. The number of nitrogens with zero attached hydrogens (tertiary/aromatic N) is 2. The van der Waals surface area contributed by atoms with Gasteiger partial charge in [0.05, 0.1) is 0 Å². The summed E-state index contributed by atoms with van der Waals surface area (Å²) in [4.78, 5) is 4.35. The van der Waals surface area contributed by atoms with E-state index in [0.717, 1.165) is 24.6 Å². The van der Waals surface area contributed by atoms with Gasteiger partial charge in [-0.1, -0.05) is 25.1 Å². The minimum Gasteiger partial charge on any atom is -0.334 e. The summed E-state index contributed by atoms with van der Waals surface area (Å²) < 4.78 is 5.18. The van der Waals surface area contributed by atoms with Crippen LogP contribution >= 0.6 is 0 Å². The first-order valence-electron chi connectivity index (χ1n) is 4.80. The molecule has 3 nitrogen and oxygen atoms in total. The van der Waals surface area contributed by atoms with E-state index in [9.17, 15) is 0 Å². The Morgan fingerprint density at radius 2 is 2.31 bits per heavy atom. The van der Waals surface area contributed by atoms with Gasteiger partial charge in [0.2, 0.25) is 0 Å². The molecule has 0 aromatic carbocycles. The van der Waals surface area contributed by atoms with Crippen LogP contribution in [-0.4, -0.2) is 10.1 Å². The molecule has 0 atom stereocenters. The molecule has 3 heteroatoms. The van der Waals surface area contributed by atoms with Crippen molar-refractivity contribution in [2.75, 3.05) is 0 Å². The van der Waals surface area contributed by atoms with Crippen molar-refractivity contribution in [2.45, 2.75) is 39.0 Å². The molecule has 70 valence electrons. The van der Waals surface area contributed by atoms with Crippen molar-refractivity contribution in [1.29, 1.82) is 0 Å². The maximum Gasteiger partial charge on any atom is 0.253 e. The van der Waals surface area contributed by atoms with Crippen molar-refractivity contribution in [3.05, 3.63) is 17.8 Å². The third-order valence-corrected chi connectivity index (χ3v) is 2.27. The molecule has 0 amide bonds. The lowest BCUT2D eigenvalue weighted by atomic mass is 10.2. The summed E-state index contributed by atoms with van der Waals surface area (Å²) in [6, 6.07) is 0. The van der Waals surface area contributed by atoms with E-state index < -0.39 is 0 Å². The lowest BCUT2D eigenvalue weighted by molar-refractivity contribution is 0.397. The number of hydrogen-bond donors (Lipinski definition) is 0.